The molecule has 1 atom stereocenters. The molecule has 0 unspecified atom stereocenters. The van der Waals surface area contributed by atoms with E-state index in [0.29, 0.717) is 24.2 Å². The SMILES string of the molecule is Cc1cc(F)cc([C@H](CF)N2CCNCC2)c1O. The summed E-state index contributed by atoms with van der Waals surface area (Å²) in [6.45, 7) is 3.95. The van der Waals surface area contributed by atoms with Gasteiger partial charge in [-0.15, -0.1) is 0 Å². The summed E-state index contributed by atoms with van der Waals surface area (Å²) in [5, 5.41) is 13.2. The summed E-state index contributed by atoms with van der Waals surface area (Å²) in [5.74, 6) is -0.438. The lowest BCUT2D eigenvalue weighted by Gasteiger charge is -2.34. The van der Waals surface area contributed by atoms with Crippen LogP contribution in [-0.2, 0) is 0 Å². The molecule has 1 aliphatic rings. The molecule has 1 aliphatic heterocycles. The average molecular weight is 256 g/mol. The summed E-state index contributed by atoms with van der Waals surface area (Å²) in [6, 6.07) is 1.92. The molecule has 3 nitrogen and oxygen atoms in total. The third-order valence-corrected chi connectivity index (χ3v) is 3.39. The second-order valence-corrected chi connectivity index (χ2v) is 4.62. The maximum Gasteiger partial charge on any atom is 0.124 e. The normalized spacial score (nSPS) is 18.8. The summed E-state index contributed by atoms with van der Waals surface area (Å²) in [7, 11) is 0. The predicted molar refractivity (Wildman–Crippen MR) is 66.0 cm³/mol. The van der Waals surface area contributed by atoms with E-state index in [1.165, 1.54) is 12.1 Å². The summed E-state index contributed by atoms with van der Waals surface area (Å²) in [4.78, 5) is 1.93. The standard InChI is InChI=1S/C13H18F2N2O/c1-9-6-10(15)7-11(13(9)18)12(8-14)17-4-2-16-3-5-17/h6-7,12,16,18H,2-5,8H2,1H3/t12-/m0/s1. The smallest absolute Gasteiger partial charge is 0.124 e. The van der Waals surface area contributed by atoms with Gasteiger partial charge < -0.3 is 10.4 Å². The first-order valence-electron chi connectivity index (χ1n) is 6.13. The minimum atomic E-state index is -0.629. The van der Waals surface area contributed by atoms with Gasteiger partial charge in [0.1, 0.15) is 18.2 Å². The van der Waals surface area contributed by atoms with Crippen molar-refractivity contribution < 1.29 is 13.9 Å². The van der Waals surface area contributed by atoms with Gasteiger partial charge >= 0.3 is 0 Å². The highest BCUT2D eigenvalue weighted by molar-refractivity contribution is 5.42. The molecule has 18 heavy (non-hydrogen) atoms. The minimum Gasteiger partial charge on any atom is -0.507 e. The maximum absolute atomic E-state index is 13.4. The molecule has 0 amide bonds. The molecule has 0 aromatic heterocycles. The third kappa shape index (κ3) is 2.62. The molecule has 1 fully saturated rings. The Labute approximate surface area is 105 Å². The summed E-state index contributed by atoms with van der Waals surface area (Å²) >= 11 is 0. The molecule has 1 aromatic carbocycles. The molecule has 1 heterocycles. The fourth-order valence-corrected chi connectivity index (χ4v) is 2.39. The summed E-state index contributed by atoms with van der Waals surface area (Å²) < 4.78 is 26.7. The van der Waals surface area contributed by atoms with Crippen LogP contribution >= 0.6 is 0 Å². The van der Waals surface area contributed by atoms with Gasteiger partial charge in [-0.3, -0.25) is 4.90 Å². The van der Waals surface area contributed by atoms with Crippen LogP contribution < -0.4 is 5.32 Å². The van der Waals surface area contributed by atoms with Gasteiger partial charge in [0.2, 0.25) is 0 Å². The van der Waals surface area contributed by atoms with Crippen LogP contribution in [0.4, 0.5) is 8.78 Å². The van der Waals surface area contributed by atoms with Crippen LogP contribution in [0.5, 0.6) is 5.75 Å². The van der Waals surface area contributed by atoms with Crippen molar-refractivity contribution in [2.75, 3.05) is 32.9 Å². The average Bonchev–Trinajstić information content (AvgIpc) is 2.37. The highest BCUT2D eigenvalue weighted by Crippen LogP contribution is 2.32. The van der Waals surface area contributed by atoms with Crippen molar-refractivity contribution in [2.24, 2.45) is 0 Å². The van der Waals surface area contributed by atoms with E-state index in [9.17, 15) is 13.9 Å². The van der Waals surface area contributed by atoms with E-state index in [4.69, 9.17) is 0 Å². The zero-order valence-corrected chi connectivity index (χ0v) is 10.4. The lowest BCUT2D eigenvalue weighted by Crippen LogP contribution is -2.45. The van der Waals surface area contributed by atoms with E-state index < -0.39 is 18.5 Å². The molecular formula is C13H18F2N2O. The molecule has 1 aromatic rings. The molecule has 0 saturated carbocycles. The molecule has 0 aliphatic carbocycles. The Balaban J connectivity index is 2.31. The van der Waals surface area contributed by atoms with E-state index >= 15 is 0 Å². The van der Waals surface area contributed by atoms with Crippen LogP contribution in [0.2, 0.25) is 0 Å². The number of benzene rings is 1. The van der Waals surface area contributed by atoms with Gasteiger partial charge in [-0.25, -0.2) is 8.78 Å². The third-order valence-electron chi connectivity index (χ3n) is 3.39. The van der Waals surface area contributed by atoms with Crippen molar-refractivity contribution in [3.05, 3.63) is 29.1 Å². The van der Waals surface area contributed by atoms with Crippen LogP contribution in [0.15, 0.2) is 12.1 Å². The largest absolute Gasteiger partial charge is 0.507 e. The number of hydrogen-bond donors (Lipinski definition) is 2. The number of aryl methyl sites for hydroxylation is 1. The zero-order chi connectivity index (χ0) is 13.1. The van der Waals surface area contributed by atoms with Gasteiger partial charge in [0, 0.05) is 31.7 Å². The number of hydrogen-bond acceptors (Lipinski definition) is 3. The van der Waals surface area contributed by atoms with Crippen molar-refractivity contribution >= 4 is 0 Å². The fraction of sp³-hybridized carbons (Fsp3) is 0.538. The summed E-state index contributed by atoms with van der Waals surface area (Å²) in [5.41, 5.74) is 0.787. The predicted octanol–water partition coefficient (Wildman–Crippen LogP) is 1.76. The zero-order valence-electron chi connectivity index (χ0n) is 10.4. The van der Waals surface area contributed by atoms with Gasteiger partial charge in [-0.1, -0.05) is 0 Å². The number of phenolic OH excluding ortho intramolecular Hbond substituents is 1. The number of halogens is 2. The molecule has 0 spiro atoms. The number of alkyl halides is 1. The quantitative estimate of drug-likeness (QED) is 0.865. The number of piperazine rings is 1. The monoisotopic (exact) mass is 256 g/mol. The van der Waals surface area contributed by atoms with Crippen LogP contribution in [0, 0.1) is 12.7 Å². The Bertz CT molecular complexity index is 420. The van der Waals surface area contributed by atoms with Crippen molar-refractivity contribution in [3.63, 3.8) is 0 Å². The van der Waals surface area contributed by atoms with Crippen molar-refractivity contribution in [2.45, 2.75) is 13.0 Å². The summed E-state index contributed by atoms with van der Waals surface area (Å²) in [6.07, 6.45) is 0. The van der Waals surface area contributed by atoms with E-state index in [1.807, 2.05) is 4.90 Å². The second-order valence-electron chi connectivity index (χ2n) is 4.62. The first kappa shape index (κ1) is 13.2. The molecule has 5 heteroatoms. The van der Waals surface area contributed by atoms with Crippen LogP contribution in [0.3, 0.4) is 0 Å². The van der Waals surface area contributed by atoms with E-state index in [2.05, 4.69) is 5.32 Å². The Hall–Kier alpha value is -1.20. The lowest BCUT2D eigenvalue weighted by atomic mass is 10.0. The highest BCUT2D eigenvalue weighted by Gasteiger charge is 2.25. The van der Waals surface area contributed by atoms with Crippen LogP contribution in [0.1, 0.15) is 17.2 Å². The van der Waals surface area contributed by atoms with Gasteiger partial charge in [0.25, 0.3) is 0 Å². The maximum atomic E-state index is 13.4. The molecule has 2 rings (SSSR count). The number of aromatic hydroxyl groups is 1. The molecule has 2 N–H and O–H groups in total. The molecule has 100 valence electrons. The molecular weight excluding hydrogens is 238 g/mol. The minimum absolute atomic E-state index is 0.00224. The highest BCUT2D eigenvalue weighted by atomic mass is 19.1. The Kier molecular flexibility index (Phi) is 4.14. The van der Waals surface area contributed by atoms with Crippen molar-refractivity contribution in [3.8, 4) is 5.75 Å². The van der Waals surface area contributed by atoms with E-state index in [1.54, 1.807) is 6.92 Å². The molecule has 0 radical (unpaired) electrons. The fourth-order valence-electron chi connectivity index (χ4n) is 2.39. The first-order valence-corrected chi connectivity index (χ1v) is 6.13. The van der Waals surface area contributed by atoms with Gasteiger partial charge in [0.15, 0.2) is 0 Å². The first-order chi connectivity index (χ1) is 8.63. The van der Waals surface area contributed by atoms with E-state index in [-0.39, 0.29) is 5.75 Å². The Morgan fingerprint density at radius 1 is 1.39 bits per heavy atom. The number of phenols is 1. The molecule has 1 saturated heterocycles. The van der Waals surface area contributed by atoms with Gasteiger partial charge in [0.05, 0.1) is 6.04 Å². The number of rotatable bonds is 3. The Morgan fingerprint density at radius 3 is 2.67 bits per heavy atom. The van der Waals surface area contributed by atoms with Gasteiger partial charge in [-0.05, 0) is 24.6 Å². The molecule has 0 bridgehead atoms. The second kappa shape index (κ2) is 5.63. The van der Waals surface area contributed by atoms with E-state index in [0.717, 1.165) is 13.1 Å². The van der Waals surface area contributed by atoms with Gasteiger partial charge in [-0.2, -0.15) is 0 Å². The van der Waals surface area contributed by atoms with Crippen LogP contribution in [-0.4, -0.2) is 42.9 Å². The van der Waals surface area contributed by atoms with Crippen molar-refractivity contribution in [1.82, 2.24) is 10.2 Å². The van der Waals surface area contributed by atoms with Crippen molar-refractivity contribution in [1.29, 1.82) is 0 Å². The van der Waals surface area contributed by atoms with Crippen LogP contribution in [0.25, 0.3) is 0 Å². The number of nitrogens with one attached hydrogen (secondary N) is 1. The lowest BCUT2D eigenvalue weighted by molar-refractivity contribution is 0.145. The topological polar surface area (TPSA) is 35.5 Å². The Morgan fingerprint density at radius 2 is 2.06 bits per heavy atom. The number of nitrogens with zero attached hydrogens (tertiary/aromatic N) is 1.